The molecule has 0 aliphatic carbocycles. The molecule has 6 heteroatoms. The van der Waals surface area contributed by atoms with E-state index in [4.69, 9.17) is 9.47 Å². The molecular formula is C12H19BrN2O3. The van der Waals surface area contributed by atoms with Gasteiger partial charge >= 0.3 is 0 Å². The van der Waals surface area contributed by atoms with E-state index < -0.39 is 0 Å². The molecular weight excluding hydrogens is 300 g/mol. The van der Waals surface area contributed by atoms with Gasteiger partial charge < -0.3 is 14.5 Å². The van der Waals surface area contributed by atoms with Crippen molar-refractivity contribution in [2.45, 2.75) is 39.4 Å². The summed E-state index contributed by atoms with van der Waals surface area (Å²) >= 11 is 3.22. The number of H-pyrrole nitrogens is 1. The van der Waals surface area contributed by atoms with E-state index >= 15 is 0 Å². The van der Waals surface area contributed by atoms with Gasteiger partial charge in [-0.25, -0.2) is 4.98 Å². The van der Waals surface area contributed by atoms with Crippen molar-refractivity contribution in [2.24, 2.45) is 0 Å². The van der Waals surface area contributed by atoms with E-state index in [1.807, 2.05) is 6.92 Å². The third kappa shape index (κ3) is 3.90. The van der Waals surface area contributed by atoms with E-state index in [-0.39, 0.29) is 11.7 Å². The number of aromatic nitrogens is 2. The zero-order valence-corrected chi connectivity index (χ0v) is 12.5. The van der Waals surface area contributed by atoms with Crippen LogP contribution in [-0.4, -0.2) is 23.7 Å². The lowest BCUT2D eigenvalue weighted by Crippen LogP contribution is -2.19. The topological polar surface area (TPSA) is 64.2 Å². The number of nitrogens with one attached hydrogen (secondary N) is 1. The predicted octanol–water partition coefficient (Wildman–Crippen LogP) is 2.56. The number of methoxy groups -OCH3 is 1. The Balaban J connectivity index is 3.10. The van der Waals surface area contributed by atoms with Gasteiger partial charge in [-0.3, -0.25) is 4.79 Å². The van der Waals surface area contributed by atoms with E-state index in [1.165, 1.54) is 0 Å². The van der Waals surface area contributed by atoms with Crippen LogP contribution in [0.2, 0.25) is 0 Å². The van der Waals surface area contributed by atoms with Crippen LogP contribution in [0.1, 0.15) is 44.3 Å². The Hall–Kier alpha value is -0.720. The van der Waals surface area contributed by atoms with Crippen molar-refractivity contribution >= 4 is 15.9 Å². The number of hydrogen-bond donors (Lipinski definition) is 1. The minimum absolute atomic E-state index is 0.170. The molecule has 0 fully saturated rings. The summed E-state index contributed by atoms with van der Waals surface area (Å²) in [5.41, 5.74) is 0.393. The average molecular weight is 319 g/mol. The molecule has 0 amide bonds. The van der Waals surface area contributed by atoms with Crippen LogP contribution in [-0.2, 0) is 16.1 Å². The van der Waals surface area contributed by atoms with Gasteiger partial charge in [0.25, 0.3) is 5.56 Å². The Morgan fingerprint density at radius 1 is 1.44 bits per heavy atom. The molecule has 1 rings (SSSR count). The number of rotatable bonds is 7. The molecule has 1 N–H and O–H groups in total. The lowest BCUT2D eigenvalue weighted by atomic mass is 10.2. The van der Waals surface area contributed by atoms with Gasteiger partial charge in [0, 0.05) is 13.7 Å². The van der Waals surface area contributed by atoms with Crippen LogP contribution in [0.15, 0.2) is 9.27 Å². The van der Waals surface area contributed by atoms with Crippen molar-refractivity contribution in [2.75, 3.05) is 13.7 Å². The van der Waals surface area contributed by atoms with Gasteiger partial charge in [-0.15, -0.1) is 0 Å². The fourth-order valence-corrected chi connectivity index (χ4v) is 1.97. The Kier molecular flexibility index (Phi) is 6.52. The minimum Gasteiger partial charge on any atom is -0.378 e. The number of hydrogen-bond acceptors (Lipinski definition) is 4. The monoisotopic (exact) mass is 318 g/mol. The highest BCUT2D eigenvalue weighted by Gasteiger charge is 2.16. The number of ether oxygens (including phenoxy) is 2. The molecule has 1 unspecified atom stereocenters. The van der Waals surface area contributed by atoms with Crippen LogP contribution in [0.5, 0.6) is 0 Å². The number of nitrogens with zero attached hydrogens (tertiary/aromatic N) is 1. The van der Waals surface area contributed by atoms with Crippen LogP contribution in [0.25, 0.3) is 0 Å². The third-order valence-corrected chi connectivity index (χ3v) is 3.27. The molecule has 1 aromatic rings. The fraction of sp³-hybridized carbons (Fsp3) is 0.667. The van der Waals surface area contributed by atoms with Crippen molar-refractivity contribution in [3.63, 3.8) is 0 Å². The summed E-state index contributed by atoms with van der Waals surface area (Å²) in [7, 11) is 1.57. The van der Waals surface area contributed by atoms with Crippen molar-refractivity contribution in [3.8, 4) is 0 Å². The molecule has 5 nitrogen and oxygen atoms in total. The molecule has 0 aromatic carbocycles. The Bertz CT molecular complexity index is 428. The zero-order chi connectivity index (χ0) is 13.5. The molecule has 1 atom stereocenters. The largest absolute Gasteiger partial charge is 0.378 e. The summed E-state index contributed by atoms with van der Waals surface area (Å²) in [6, 6.07) is 0. The first-order chi connectivity index (χ1) is 8.63. The first-order valence-electron chi connectivity index (χ1n) is 6.03. The fourth-order valence-electron chi connectivity index (χ4n) is 1.67. The maximum atomic E-state index is 11.8. The van der Waals surface area contributed by atoms with E-state index in [1.54, 1.807) is 7.11 Å². The maximum Gasteiger partial charge on any atom is 0.265 e. The minimum atomic E-state index is -0.201. The van der Waals surface area contributed by atoms with Crippen LogP contribution in [0.4, 0.5) is 0 Å². The van der Waals surface area contributed by atoms with Crippen molar-refractivity contribution in [3.05, 3.63) is 26.3 Å². The quantitative estimate of drug-likeness (QED) is 0.839. The standard InChI is InChI=1S/C12H19BrN2O3/c1-4-6-9(18-5-2)11-14-8(7-17-3)10(13)12(16)15-11/h9H,4-7H2,1-3H3,(H,14,15,16). The van der Waals surface area contributed by atoms with E-state index in [9.17, 15) is 4.79 Å². The van der Waals surface area contributed by atoms with Crippen molar-refractivity contribution in [1.29, 1.82) is 0 Å². The SMILES string of the molecule is CCCC(OCC)c1nc(COC)c(Br)c(=O)[nH]1. The van der Waals surface area contributed by atoms with E-state index in [2.05, 4.69) is 32.8 Å². The second-order valence-electron chi connectivity index (χ2n) is 3.88. The molecule has 0 aliphatic rings. The van der Waals surface area contributed by atoms with Gasteiger partial charge in [0.2, 0.25) is 0 Å². The number of halogens is 1. The van der Waals surface area contributed by atoms with Gasteiger partial charge in [-0.05, 0) is 29.3 Å². The van der Waals surface area contributed by atoms with E-state index in [0.717, 1.165) is 12.8 Å². The predicted molar refractivity (Wildman–Crippen MR) is 72.5 cm³/mol. The molecule has 0 saturated carbocycles. The van der Waals surface area contributed by atoms with Crippen molar-refractivity contribution < 1.29 is 9.47 Å². The Labute approximate surface area is 115 Å². The first-order valence-corrected chi connectivity index (χ1v) is 6.82. The molecule has 0 aliphatic heterocycles. The lowest BCUT2D eigenvalue weighted by Gasteiger charge is -2.16. The normalized spacial score (nSPS) is 12.7. The zero-order valence-electron chi connectivity index (χ0n) is 11.0. The summed E-state index contributed by atoms with van der Waals surface area (Å²) in [5, 5.41) is 0. The van der Waals surface area contributed by atoms with Gasteiger partial charge in [-0.1, -0.05) is 13.3 Å². The molecule has 0 bridgehead atoms. The second kappa shape index (κ2) is 7.66. The number of aromatic amines is 1. The summed E-state index contributed by atoms with van der Waals surface area (Å²) in [5.74, 6) is 0.568. The third-order valence-electron chi connectivity index (χ3n) is 2.45. The lowest BCUT2D eigenvalue weighted by molar-refractivity contribution is 0.0486. The first kappa shape index (κ1) is 15.3. The highest BCUT2D eigenvalue weighted by molar-refractivity contribution is 9.10. The molecule has 0 spiro atoms. The van der Waals surface area contributed by atoms with Gasteiger partial charge in [0.15, 0.2) is 0 Å². The highest BCUT2D eigenvalue weighted by atomic mass is 79.9. The molecule has 102 valence electrons. The van der Waals surface area contributed by atoms with Crippen molar-refractivity contribution in [1.82, 2.24) is 9.97 Å². The Morgan fingerprint density at radius 3 is 2.72 bits per heavy atom. The van der Waals surface area contributed by atoms with Gasteiger partial charge in [0.05, 0.1) is 12.3 Å². The van der Waals surface area contributed by atoms with Crippen LogP contribution in [0, 0.1) is 0 Å². The van der Waals surface area contributed by atoms with Crippen LogP contribution >= 0.6 is 15.9 Å². The second-order valence-corrected chi connectivity index (χ2v) is 4.67. The highest BCUT2D eigenvalue weighted by Crippen LogP contribution is 2.20. The Morgan fingerprint density at radius 2 is 2.17 bits per heavy atom. The summed E-state index contributed by atoms with van der Waals surface area (Å²) in [6.45, 7) is 4.88. The molecule has 1 aromatic heterocycles. The summed E-state index contributed by atoms with van der Waals surface area (Å²) in [6.07, 6.45) is 1.62. The molecule has 1 heterocycles. The smallest absolute Gasteiger partial charge is 0.265 e. The van der Waals surface area contributed by atoms with Gasteiger partial charge in [-0.2, -0.15) is 0 Å². The van der Waals surface area contributed by atoms with Gasteiger partial charge in [0.1, 0.15) is 16.4 Å². The van der Waals surface area contributed by atoms with Crippen LogP contribution < -0.4 is 5.56 Å². The molecule has 18 heavy (non-hydrogen) atoms. The average Bonchev–Trinajstić information content (AvgIpc) is 2.34. The summed E-state index contributed by atoms with van der Waals surface area (Å²) < 4.78 is 11.1. The maximum absolute atomic E-state index is 11.8. The van der Waals surface area contributed by atoms with E-state index in [0.29, 0.717) is 29.2 Å². The summed E-state index contributed by atoms with van der Waals surface area (Å²) in [4.78, 5) is 19.0. The molecule has 0 saturated heterocycles. The molecule has 0 radical (unpaired) electrons. The van der Waals surface area contributed by atoms with Crippen LogP contribution in [0.3, 0.4) is 0 Å².